The normalized spacial score (nSPS) is 27.1. The number of likely N-dealkylation sites (tertiary alicyclic amines) is 1. The van der Waals surface area contributed by atoms with Crippen LogP contribution >= 0.6 is 0 Å². The SMILES string of the molecule is CC1[C@H]2[C@@H]1CN(C(=O)[C@@H](NC(=O)N[C@H](C(=O)OC1CCC1)C(C)(C)C)C(C)(C)C)[C@@H]2C(=O)NC(CC1CC1)C(=O)C(N)=O. The van der Waals surface area contributed by atoms with Crippen molar-refractivity contribution in [3.05, 3.63) is 0 Å². The minimum absolute atomic E-state index is 0.0878. The number of fused-ring (bicyclic) bond motifs is 1. The minimum atomic E-state index is -1.10. The summed E-state index contributed by atoms with van der Waals surface area (Å²) < 4.78 is 5.58. The summed E-state index contributed by atoms with van der Waals surface area (Å²) in [7, 11) is 0. The van der Waals surface area contributed by atoms with Crippen molar-refractivity contribution in [2.24, 2.45) is 40.2 Å². The zero-order chi connectivity index (χ0) is 32.0. The molecule has 12 heteroatoms. The summed E-state index contributed by atoms with van der Waals surface area (Å²) in [6.07, 6.45) is 4.65. The average Bonchev–Trinajstić information content (AvgIpc) is 3.76. The molecule has 0 spiro atoms. The molecule has 1 aliphatic heterocycles. The first-order valence-electron chi connectivity index (χ1n) is 15.6. The summed E-state index contributed by atoms with van der Waals surface area (Å²) >= 11 is 0. The van der Waals surface area contributed by atoms with Gasteiger partial charge in [-0.05, 0) is 60.2 Å². The van der Waals surface area contributed by atoms with Crippen LogP contribution in [0.4, 0.5) is 4.79 Å². The van der Waals surface area contributed by atoms with Crippen molar-refractivity contribution in [3.8, 4) is 0 Å². The largest absolute Gasteiger partial charge is 0.461 e. The van der Waals surface area contributed by atoms with Crippen molar-refractivity contribution in [2.45, 2.75) is 117 Å². The van der Waals surface area contributed by atoms with E-state index in [2.05, 4.69) is 16.0 Å². The van der Waals surface area contributed by atoms with Gasteiger partial charge in [-0.1, -0.05) is 61.3 Å². The summed E-state index contributed by atoms with van der Waals surface area (Å²) in [6, 6.07) is -4.51. The average molecular weight is 604 g/mol. The van der Waals surface area contributed by atoms with Gasteiger partial charge in [-0.3, -0.25) is 19.2 Å². The fraction of sp³-hybridized carbons (Fsp3) is 0.806. The highest BCUT2D eigenvalue weighted by Crippen LogP contribution is 2.55. The quantitative estimate of drug-likeness (QED) is 0.205. The Morgan fingerprint density at radius 1 is 0.884 bits per heavy atom. The molecule has 5 N–H and O–H groups in total. The molecule has 3 saturated carbocycles. The molecule has 0 aromatic carbocycles. The molecule has 0 radical (unpaired) electrons. The molecule has 240 valence electrons. The van der Waals surface area contributed by atoms with E-state index in [1.807, 2.05) is 48.5 Å². The maximum absolute atomic E-state index is 14.1. The Bertz CT molecular complexity index is 1150. The second kappa shape index (κ2) is 12.1. The molecule has 0 aromatic heterocycles. The minimum Gasteiger partial charge on any atom is -0.461 e. The number of rotatable bonds is 11. The first-order valence-corrected chi connectivity index (χ1v) is 15.6. The molecule has 2 unspecified atom stereocenters. The highest BCUT2D eigenvalue weighted by molar-refractivity contribution is 6.37. The number of esters is 1. The Kier molecular flexibility index (Phi) is 9.19. The maximum Gasteiger partial charge on any atom is 0.329 e. The van der Waals surface area contributed by atoms with E-state index >= 15 is 0 Å². The molecule has 4 fully saturated rings. The zero-order valence-corrected chi connectivity index (χ0v) is 26.5. The van der Waals surface area contributed by atoms with Gasteiger partial charge in [0.05, 0.1) is 6.04 Å². The zero-order valence-electron chi connectivity index (χ0n) is 26.5. The molecule has 1 heterocycles. The Hall–Kier alpha value is -3.18. The van der Waals surface area contributed by atoms with Crippen LogP contribution in [0.2, 0.25) is 0 Å². The number of nitrogens with one attached hydrogen (secondary N) is 3. The predicted octanol–water partition coefficient (Wildman–Crippen LogP) is 1.64. The van der Waals surface area contributed by atoms with Crippen LogP contribution in [0.15, 0.2) is 0 Å². The van der Waals surface area contributed by atoms with E-state index in [9.17, 15) is 28.8 Å². The van der Waals surface area contributed by atoms with Gasteiger partial charge >= 0.3 is 12.0 Å². The lowest BCUT2D eigenvalue weighted by molar-refractivity contribution is -0.158. The van der Waals surface area contributed by atoms with Gasteiger partial charge in [0.2, 0.25) is 17.6 Å². The summed E-state index contributed by atoms with van der Waals surface area (Å²) in [5, 5.41) is 8.26. The van der Waals surface area contributed by atoms with E-state index in [0.29, 0.717) is 13.0 Å². The van der Waals surface area contributed by atoms with Crippen LogP contribution in [0.1, 0.15) is 87.0 Å². The Morgan fingerprint density at radius 2 is 1.47 bits per heavy atom. The number of piperidine rings is 1. The van der Waals surface area contributed by atoms with Crippen LogP contribution in [0, 0.1) is 34.5 Å². The van der Waals surface area contributed by atoms with Crippen molar-refractivity contribution in [3.63, 3.8) is 0 Å². The number of primary amides is 1. The van der Waals surface area contributed by atoms with E-state index in [1.165, 1.54) is 4.90 Å². The van der Waals surface area contributed by atoms with Gasteiger partial charge in [-0.2, -0.15) is 0 Å². The molecular formula is C31H49N5O7. The number of nitrogens with zero attached hydrogens (tertiary/aromatic N) is 1. The lowest BCUT2D eigenvalue weighted by Crippen LogP contribution is -2.62. The number of nitrogens with two attached hydrogens (primary N) is 1. The number of urea groups is 1. The van der Waals surface area contributed by atoms with E-state index in [-0.39, 0.29) is 29.8 Å². The lowest BCUT2D eigenvalue weighted by atomic mass is 9.85. The highest BCUT2D eigenvalue weighted by atomic mass is 16.5. The van der Waals surface area contributed by atoms with Gasteiger partial charge in [0.15, 0.2) is 0 Å². The molecule has 5 amide bonds. The monoisotopic (exact) mass is 603 g/mol. The van der Waals surface area contributed by atoms with E-state index in [0.717, 1.165) is 32.1 Å². The molecule has 0 aromatic rings. The first kappa shape index (κ1) is 32.7. The van der Waals surface area contributed by atoms with Crippen LogP contribution in [0.3, 0.4) is 0 Å². The van der Waals surface area contributed by atoms with Crippen LogP contribution < -0.4 is 21.7 Å². The number of amides is 5. The molecule has 1 saturated heterocycles. The second-order valence-electron chi connectivity index (χ2n) is 15.2. The van der Waals surface area contributed by atoms with Crippen LogP contribution in [-0.2, 0) is 28.7 Å². The fourth-order valence-electron chi connectivity index (χ4n) is 6.30. The Morgan fingerprint density at radius 3 is 1.95 bits per heavy atom. The van der Waals surface area contributed by atoms with E-state index < -0.39 is 70.5 Å². The van der Waals surface area contributed by atoms with Crippen LogP contribution in [0.25, 0.3) is 0 Å². The van der Waals surface area contributed by atoms with Crippen LogP contribution in [0.5, 0.6) is 0 Å². The third-order valence-corrected chi connectivity index (χ3v) is 9.54. The van der Waals surface area contributed by atoms with Gasteiger partial charge in [0.25, 0.3) is 5.91 Å². The molecular weight excluding hydrogens is 554 g/mol. The third-order valence-electron chi connectivity index (χ3n) is 9.54. The molecule has 12 nitrogen and oxygen atoms in total. The summed E-state index contributed by atoms with van der Waals surface area (Å²) in [6.45, 7) is 13.3. The maximum atomic E-state index is 14.1. The van der Waals surface area contributed by atoms with Gasteiger partial charge in [-0.25, -0.2) is 9.59 Å². The number of hydrogen-bond donors (Lipinski definition) is 4. The third kappa shape index (κ3) is 7.49. The van der Waals surface area contributed by atoms with E-state index in [1.54, 1.807) is 0 Å². The second-order valence-corrected chi connectivity index (χ2v) is 15.2. The smallest absolute Gasteiger partial charge is 0.329 e. The Labute approximate surface area is 253 Å². The van der Waals surface area contributed by atoms with Gasteiger partial charge in [0.1, 0.15) is 24.2 Å². The molecule has 7 atom stereocenters. The highest BCUT2D eigenvalue weighted by Gasteiger charge is 2.63. The number of ketones is 1. The molecule has 4 aliphatic rings. The molecule has 3 aliphatic carbocycles. The molecule has 0 bridgehead atoms. The van der Waals surface area contributed by atoms with Crippen molar-refractivity contribution in [2.75, 3.05) is 6.54 Å². The Balaban J connectivity index is 1.48. The number of ether oxygens (including phenoxy) is 1. The number of hydrogen-bond acceptors (Lipinski definition) is 7. The number of carbonyl (C=O) groups is 6. The molecule has 43 heavy (non-hydrogen) atoms. The van der Waals surface area contributed by atoms with Crippen LogP contribution in [-0.4, -0.2) is 77.2 Å². The summed E-state index contributed by atoms with van der Waals surface area (Å²) in [5.41, 5.74) is 3.88. The van der Waals surface area contributed by atoms with Gasteiger partial charge in [0, 0.05) is 6.54 Å². The van der Waals surface area contributed by atoms with Gasteiger partial charge in [-0.15, -0.1) is 0 Å². The van der Waals surface area contributed by atoms with E-state index in [4.69, 9.17) is 10.5 Å². The summed E-state index contributed by atoms with van der Waals surface area (Å²) in [4.78, 5) is 79.7. The van der Waals surface area contributed by atoms with Crippen molar-refractivity contribution in [1.82, 2.24) is 20.9 Å². The van der Waals surface area contributed by atoms with Crippen molar-refractivity contribution < 1.29 is 33.5 Å². The topological polar surface area (TPSA) is 177 Å². The van der Waals surface area contributed by atoms with Gasteiger partial charge < -0.3 is 31.3 Å². The lowest BCUT2D eigenvalue weighted by Gasteiger charge is -2.38. The predicted molar refractivity (Wildman–Crippen MR) is 157 cm³/mol. The fourth-order valence-corrected chi connectivity index (χ4v) is 6.30. The number of carbonyl (C=O) groups excluding carboxylic acids is 6. The summed E-state index contributed by atoms with van der Waals surface area (Å²) in [5.74, 6) is -2.87. The van der Waals surface area contributed by atoms with Crippen molar-refractivity contribution >= 4 is 35.5 Å². The standard InChI is InChI=1S/C31H49N5O7/c1-15-18-14-36(21(20(15)18)26(39)33-19(13-16-11-12-16)22(37)25(32)38)27(40)23(30(2,3)4)34-29(42)35-24(31(5,6)7)28(41)43-17-9-8-10-17/h15-21,23-24H,8-14H2,1-7H3,(H2,32,38)(H,33,39)(H2,34,35,42)/t15?,18-,19?,20+,21+,23-,24-/m1/s1. The number of Topliss-reactive ketones (excluding diaryl/α,β-unsaturated/α-hetero) is 1. The van der Waals surface area contributed by atoms with Crippen molar-refractivity contribution in [1.29, 1.82) is 0 Å². The molecule has 4 rings (SSSR count). The first-order chi connectivity index (χ1) is 19.9.